The first-order valence-corrected chi connectivity index (χ1v) is 1.76. The fraction of sp³-hybridized carbons (Fsp3) is 0.750. The van der Waals surface area contributed by atoms with E-state index in [-0.39, 0.29) is 51.4 Å². The average Bonchev–Trinajstić information content (AvgIpc) is 1.41. The van der Waals surface area contributed by atoms with Crippen molar-refractivity contribution in [1.29, 1.82) is 0 Å². The van der Waals surface area contributed by atoms with E-state index in [1.165, 1.54) is 0 Å². The Bertz CT molecular complexity index is 15.0. The van der Waals surface area contributed by atoms with Crippen LogP contribution in [0.1, 0.15) is 6.42 Å². The van der Waals surface area contributed by atoms with E-state index >= 15 is 0 Å². The van der Waals surface area contributed by atoms with Crippen molar-refractivity contribution in [2.24, 2.45) is 0 Å². The third-order valence-corrected chi connectivity index (χ3v) is 0.382. The molecule has 0 aliphatic rings. The Kier molecular flexibility index (Phi) is 17.2. The van der Waals surface area contributed by atoms with Gasteiger partial charge in [-0.1, -0.05) is 0 Å². The van der Waals surface area contributed by atoms with Gasteiger partial charge in [0.2, 0.25) is 0 Å². The summed E-state index contributed by atoms with van der Waals surface area (Å²) in [4.78, 5) is 0. The van der Waals surface area contributed by atoms with Crippen molar-refractivity contribution in [3.63, 3.8) is 0 Å². The largest absolute Gasteiger partial charge is 1.00 e. The maximum absolute atomic E-state index is 3.79. The van der Waals surface area contributed by atoms with E-state index in [1.807, 2.05) is 0 Å². The average molecular weight is 110 g/mol. The van der Waals surface area contributed by atoms with Crippen molar-refractivity contribution < 1.29 is 51.4 Å². The van der Waals surface area contributed by atoms with E-state index in [0.29, 0.717) is 0 Å². The maximum atomic E-state index is 3.79. The predicted octanol–water partition coefficient (Wildman–Crippen LogP) is -1.78. The van der Waals surface area contributed by atoms with Crippen LogP contribution in [-0.4, -0.2) is 13.6 Å². The van der Waals surface area contributed by atoms with Crippen LogP contribution in [-0.2, 0) is 0 Å². The van der Waals surface area contributed by atoms with E-state index < -0.39 is 0 Å². The molecule has 0 saturated heterocycles. The van der Waals surface area contributed by atoms with Gasteiger partial charge in [-0.25, -0.2) is 6.42 Å². The summed E-state index contributed by atoms with van der Waals surface area (Å²) < 4.78 is 0. The molecule has 0 fully saturated rings. The smallest absolute Gasteiger partial charge is 0.667 e. The number of hydrogen-bond donors (Lipinski definition) is 0. The molecule has 0 radical (unpaired) electrons. The molecule has 0 saturated carbocycles. The quantitative estimate of drug-likeness (QED) is 0.295. The Hall–Kier alpha value is 1.60. The number of nitrogens with zero attached hydrogens (tertiary/aromatic N) is 1. The molecule has 1 nitrogen and oxygen atoms in total. The summed E-state index contributed by atoms with van der Waals surface area (Å²) in [5, 5.41) is 3.79. The number of rotatable bonds is 2. The second kappa shape index (κ2) is 9.78. The van der Waals surface area contributed by atoms with Crippen molar-refractivity contribution in [2.75, 3.05) is 13.6 Å². The van der Waals surface area contributed by atoms with Gasteiger partial charge < -0.3 is 12.2 Å². The molecule has 0 spiro atoms. The van der Waals surface area contributed by atoms with Gasteiger partial charge in [-0.15, -0.1) is 0 Å². The zero-order valence-electron chi connectivity index (χ0n) is 4.57. The molecule has 0 bridgehead atoms. The minimum Gasteiger partial charge on any atom is -0.667 e. The summed E-state index contributed by atoms with van der Waals surface area (Å²) in [7, 11) is 1.80. The van der Waals surface area contributed by atoms with Crippen molar-refractivity contribution in [2.45, 2.75) is 6.42 Å². The Labute approximate surface area is 82.3 Å². The zero-order chi connectivity index (χ0) is 4.12. The molecule has 0 unspecified atom stereocenters. The van der Waals surface area contributed by atoms with Gasteiger partial charge in [0, 0.05) is 0 Å². The molecule has 6 heavy (non-hydrogen) atoms. The molecule has 0 heterocycles. The van der Waals surface area contributed by atoms with Crippen molar-refractivity contribution in [3.8, 4) is 0 Å². The fourth-order valence-corrected chi connectivity index (χ4v) is 0.158. The summed E-state index contributed by atoms with van der Waals surface area (Å²) in [5.41, 5.74) is 0. The summed E-state index contributed by atoms with van der Waals surface area (Å²) in [6.07, 6.45) is 0.927. The molecule has 32 valence electrons. The van der Waals surface area contributed by atoms with Crippen LogP contribution in [0.4, 0.5) is 0 Å². The van der Waals surface area contributed by atoms with Crippen LogP contribution in [0.2, 0.25) is 0 Å². The van der Waals surface area contributed by atoms with Gasteiger partial charge >= 0.3 is 51.4 Å². The molecule has 0 atom stereocenters. The first-order chi connectivity index (χ1) is 2.41. The Morgan fingerprint density at radius 2 is 2.17 bits per heavy atom. The molecule has 0 amide bonds. The minimum absolute atomic E-state index is 0. The molecule has 0 aliphatic carbocycles. The molecular weight excluding hydrogens is 101 g/mol. The Morgan fingerprint density at radius 3 is 2.17 bits per heavy atom. The molecular formula is C4H9KN-. The van der Waals surface area contributed by atoms with E-state index in [4.69, 9.17) is 0 Å². The van der Waals surface area contributed by atoms with Gasteiger partial charge in [0.1, 0.15) is 0 Å². The fourth-order valence-electron chi connectivity index (χ4n) is 0.158. The molecule has 0 aromatic heterocycles. The van der Waals surface area contributed by atoms with Gasteiger partial charge in [-0.2, -0.15) is 13.6 Å². The second-order valence-corrected chi connectivity index (χ2v) is 0.893. The van der Waals surface area contributed by atoms with Gasteiger partial charge in [-0.3, -0.25) is 0 Å². The van der Waals surface area contributed by atoms with E-state index in [0.717, 1.165) is 13.0 Å². The topological polar surface area (TPSA) is 14.1 Å². The van der Waals surface area contributed by atoms with Gasteiger partial charge in [0.15, 0.2) is 0 Å². The first-order valence-electron chi connectivity index (χ1n) is 1.76. The second-order valence-electron chi connectivity index (χ2n) is 0.893. The van der Waals surface area contributed by atoms with Crippen LogP contribution in [0.5, 0.6) is 0 Å². The van der Waals surface area contributed by atoms with Gasteiger partial charge in [0.05, 0.1) is 0 Å². The van der Waals surface area contributed by atoms with Gasteiger partial charge in [0.25, 0.3) is 0 Å². The van der Waals surface area contributed by atoms with Crippen molar-refractivity contribution in [3.05, 3.63) is 12.2 Å². The van der Waals surface area contributed by atoms with E-state index in [1.54, 1.807) is 7.05 Å². The Morgan fingerprint density at radius 1 is 1.67 bits per heavy atom. The normalized spacial score (nSPS) is 7.00. The Balaban J connectivity index is 0. The van der Waals surface area contributed by atoms with E-state index in [2.05, 4.69) is 12.2 Å². The zero-order valence-corrected chi connectivity index (χ0v) is 7.69. The van der Waals surface area contributed by atoms with Gasteiger partial charge in [-0.05, 0) is 0 Å². The van der Waals surface area contributed by atoms with Crippen LogP contribution < -0.4 is 51.4 Å². The van der Waals surface area contributed by atoms with Crippen molar-refractivity contribution in [1.82, 2.24) is 0 Å². The molecule has 0 rings (SSSR count). The van der Waals surface area contributed by atoms with Crippen molar-refractivity contribution >= 4 is 0 Å². The standard InChI is InChI=1S/C4H9N.K/c1-3-4-5-2;/h1,3-4H2,2H3;/q-2;+1. The van der Waals surface area contributed by atoms with Crippen LogP contribution in [0.25, 0.3) is 5.32 Å². The minimum atomic E-state index is 0. The predicted molar refractivity (Wildman–Crippen MR) is 24.1 cm³/mol. The summed E-state index contributed by atoms with van der Waals surface area (Å²) >= 11 is 0. The first kappa shape index (κ1) is 10.6. The monoisotopic (exact) mass is 110 g/mol. The van der Waals surface area contributed by atoms with Crippen LogP contribution >= 0.6 is 0 Å². The molecule has 2 heteroatoms. The molecule has 0 aromatic rings. The molecule has 0 aliphatic heterocycles. The summed E-state index contributed by atoms with van der Waals surface area (Å²) in [6.45, 7) is 4.48. The third kappa shape index (κ3) is 9.14. The van der Waals surface area contributed by atoms with Crippen LogP contribution in [0, 0.1) is 6.92 Å². The molecule has 0 aromatic carbocycles. The van der Waals surface area contributed by atoms with Crippen LogP contribution in [0.3, 0.4) is 0 Å². The van der Waals surface area contributed by atoms with Crippen LogP contribution in [0.15, 0.2) is 0 Å². The SMILES string of the molecule is [CH2-]CC[N-]C.[K+]. The maximum Gasteiger partial charge on any atom is 1.00 e. The number of hydrogen-bond acceptors (Lipinski definition) is 0. The third-order valence-electron chi connectivity index (χ3n) is 0.382. The van der Waals surface area contributed by atoms with E-state index in [9.17, 15) is 0 Å². The summed E-state index contributed by atoms with van der Waals surface area (Å²) in [5.74, 6) is 0. The molecule has 0 N–H and O–H groups in total. The summed E-state index contributed by atoms with van der Waals surface area (Å²) in [6, 6.07) is 0.